The Labute approximate surface area is 281 Å². The highest BCUT2D eigenvalue weighted by molar-refractivity contribution is 7.89. The summed E-state index contributed by atoms with van der Waals surface area (Å²) >= 11 is 0. The van der Waals surface area contributed by atoms with Crippen LogP contribution in [0.25, 0.3) is 10.8 Å². The van der Waals surface area contributed by atoms with Gasteiger partial charge in [-0.25, -0.2) is 17.5 Å². The van der Waals surface area contributed by atoms with Crippen molar-refractivity contribution < 1.29 is 12.8 Å². The van der Waals surface area contributed by atoms with Crippen LogP contribution in [-0.4, -0.2) is 62.1 Å². The Morgan fingerprint density at radius 1 is 0.708 bits per heavy atom. The summed E-state index contributed by atoms with van der Waals surface area (Å²) in [6.07, 6.45) is 5.81. The lowest BCUT2D eigenvalue weighted by Crippen LogP contribution is -2.25. The fourth-order valence-corrected chi connectivity index (χ4v) is 6.56. The molecule has 0 unspecified atom stereocenters. The number of anilines is 4. The number of halogens is 1. The fraction of sp³-hybridized carbons (Fsp3) is 0.314. The molecule has 0 saturated carbocycles. The number of aromatic nitrogens is 4. The van der Waals surface area contributed by atoms with Gasteiger partial charge in [0.2, 0.25) is 27.9 Å². The van der Waals surface area contributed by atoms with Crippen LogP contribution in [0.1, 0.15) is 36.9 Å². The summed E-state index contributed by atoms with van der Waals surface area (Å²) in [5, 5.41) is 11.3. The van der Waals surface area contributed by atoms with Gasteiger partial charge < -0.3 is 20.9 Å². The third kappa shape index (κ3) is 9.81. The molecule has 0 atom stereocenters. The SMILES string of the molecule is CN(C)c1cccc2c(S(=O)(=O)NCCCCCCNc3nc(NCCc4ccccn4)nc(NCc4cccc(F)c4)n3)cccc12. The molecule has 252 valence electrons. The summed E-state index contributed by atoms with van der Waals surface area (Å²) in [6.45, 7) is 1.94. The van der Waals surface area contributed by atoms with Gasteiger partial charge in [-0.15, -0.1) is 0 Å². The van der Waals surface area contributed by atoms with E-state index < -0.39 is 10.0 Å². The lowest BCUT2D eigenvalue weighted by atomic mass is 10.1. The highest BCUT2D eigenvalue weighted by Gasteiger charge is 2.18. The van der Waals surface area contributed by atoms with Crippen molar-refractivity contribution in [2.45, 2.75) is 43.5 Å². The molecule has 0 saturated heterocycles. The molecule has 0 fully saturated rings. The van der Waals surface area contributed by atoms with E-state index in [1.165, 1.54) is 12.1 Å². The van der Waals surface area contributed by atoms with Crippen molar-refractivity contribution in [3.8, 4) is 0 Å². The Kier molecular flexibility index (Phi) is 12.1. The molecule has 3 aromatic carbocycles. The van der Waals surface area contributed by atoms with Crippen molar-refractivity contribution in [3.05, 3.63) is 102 Å². The molecule has 0 bridgehead atoms. The van der Waals surface area contributed by atoms with Crippen LogP contribution in [-0.2, 0) is 23.0 Å². The maximum Gasteiger partial charge on any atom is 0.241 e. The molecule has 5 rings (SSSR count). The molecule has 0 aliphatic heterocycles. The Morgan fingerprint density at radius 2 is 1.40 bits per heavy atom. The number of hydrogen-bond donors (Lipinski definition) is 4. The highest BCUT2D eigenvalue weighted by atomic mass is 32.2. The maximum absolute atomic E-state index is 13.7. The molecular formula is C35H42FN9O2S. The van der Waals surface area contributed by atoms with E-state index in [2.05, 4.69) is 40.6 Å². The Balaban J connectivity index is 1.09. The van der Waals surface area contributed by atoms with Gasteiger partial charge in [0, 0.05) is 75.0 Å². The van der Waals surface area contributed by atoms with Crippen molar-refractivity contribution >= 4 is 44.3 Å². The van der Waals surface area contributed by atoms with Gasteiger partial charge in [-0.1, -0.05) is 55.3 Å². The number of nitrogens with one attached hydrogen (secondary N) is 4. The molecule has 0 aliphatic carbocycles. The molecule has 2 aromatic heterocycles. The molecule has 0 aliphatic rings. The van der Waals surface area contributed by atoms with Crippen LogP contribution in [0.3, 0.4) is 0 Å². The molecule has 0 radical (unpaired) electrons. The Bertz CT molecular complexity index is 1890. The topological polar surface area (TPSA) is 137 Å². The number of sulfonamides is 1. The second kappa shape index (κ2) is 16.8. The van der Waals surface area contributed by atoms with Crippen LogP contribution < -0.4 is 25.6 Å². The zero-order valence-electron chi connectivity index (χ0n) is 27.3. The van der Waals surface area contributed by atoms with Crippen LogP contribution in [0.4, 0.5) is 27.9 Å². The minimum atomic E-state index is -3.66. The van der Waals surface area contributed by atoms with Crippen LogP contribution >= 0.6 is 0 Å². The smallest absolute Gasteiger partial charge is 0.241 e. The molecule has 13 heteroatoms. The van der Waals surface area contributed by atoms with Crippen molar-refractivity contribution in [1.29, 1.82) is 0 Å². The Morgan fingerprint density at radius 3 is 2.12 bits per heavy atom. The predicted octanol–water partition coefficient (Wildman–Crippen LogP) is 5.84. The minimum absolute atomic E-state index is 0.292. The first kappa shape index (κ1) is 34.5. The first-order valence-corrected chi connectivity index (χ1v) is 17.6. The molecule has 4 N–H and O–H groups in total. The first-order valence-electron chi connectivity index (χ1n) is 16.1. The number of hydrogen-bond acceptors (Lipinski definition) is 10. The summed E-state index contributed by atoms with van der Waals surface area (Å²) in [7, 11) is 0.234. The molecular weight excluding hydrogens is 630 g/mol. The van der Waals surface area contributed by atoms with E-state index in [1.807, 2.05) is 67.5 Å². The number of rotatable bonds is 18. The normalized spacial score (nSPS) is 11.4. The lowest BCUT2D eigenvalue weighted by molar-refractivity contribution is 0.573. The zero-order chi connectivity index (χ0) is 33.8. The molecule has 11 nitrogen and oxygen atoms in total. The van der Waals surface area contributed by atoms with Gasteiger partial charge in [0.15, 0.2) is 0 Å². The van der Waals surface area contributed by atoms with Crippen LogP contribution in [0.2, 0.25) is 0 Å². The molecule has 2 heterocycles. The molecule has 0 spiro atoms. The summed E-state index contributed by atoms with van der Waals surface area (Å²) < 4.78 is 42.8. The predicted molar refractivity (Wildman–Crippen MR) is 190 cm³/mol. The van der Waals surface area contributed by atoms with E-state index in [9.17, 15) is 12.8 Å². The molecule has 5 aromatic rings. The number of pyridine rings is 1. The van der Waals surface area contributed by atoms with Gasteiger partial charge >= 0.3 is 0 Å². The standard InChI is InChI=1S/C35H42FN9O2S/c1-45(2)31-17-10-16-30-29(31)15-11-18-32(30)48(46,47)41-22-7-4-3-6-21-38-33-42-34(39-23-19-28-14-5-8-20-37-28)44-35(43-33)40-25-26-12-9-13-27(36)24-26/h5,8-18,20,24,41H,3-4,6-7,19,21-23,25H2,1-2H3,(H3,38,39,40,42,43,44). The van der Waals surface area contributed by atoms with E-state index in [-0.39, 0.29) is 5.82 Å². The van der Waals surface area contributed by atoms with Gasteiger partial charge in [0.1, 0.15) is 5.82 Å². The van der Waals surface area contributed by atoms with E-state index in [1.54, 1.807) is 24.4 Å². The number of unbranched alkanes of at least 4 members (excludes halogenated alkanes) is 3. The van der Waals surface area contributed by atoms with E-state index in [0.717, 1.165) is 48.0 Å². The van der Waals surface area contributed by atoms with Gasteiger partial charge in [0.25, 0.3) is 0 Å². The van der Waals surface area contributed by atoms with Gasteiger partial charge in [-0.05, 0) is 54.8 Å². The van der Waals surface area contributed by atoms with Crippen molar-refractivity contribution in [2.75, 3.05) is 54.6 Å². The average molecular weight is 672 g/mol. The summed E-state index contributed by atoms with van der Waals surface area (Å²) in [5.74, 6) is 0.910. The highest BCUT2D eigenvalue weighted by Crippen LogP contribution is 2.30. The minimum Gasteiger partial charge on any atom is -0.377 e. The Hall–Kier alpha value is -4.88. The van der Waals surface area contributed by atoms with Gasteiger partial charge in [0.05, 0.1) is 4.90 Å². The van der Waals surface area contributed by atoms with Crippen LogP contribution in [0, 0.1) is 5.82 Å². The monoisotopic (exact) mass is 671 g/mol. The van der Waals surface area contributed by atoms with Crippen molar-refractivity contribution in [1.82, 2.24) is 24.7 Å². The van der Waals surface area contributed by atoms with E-state index in [4.69, 9.17) is 0 Å². The molecule has 0 amide bonds. The second-order valence-electron chi connectivity index (χ2n) is 11.5. The number of nitrogens with zero attached hydrogens (tertiary/aromatic N) is 5. The quantitative estimate of drug-likeness (QED) is 0.0841. The molecule has 48 heavy (non-hydrogen) atoms. The second-order valence-corrected chi connectivity index (χ2v) is 13.3. The summed E-state index contributed by atoms with van der Waals surface area (Å²) in [5.41, 5.74) is 2.70. The summed E-state index contributed by atoms with van der Waals surface area (Å²) in [6, 6.07) is 23.3. The van der Waals surface area contributed by atoms with Crippen molar-refractivity contribution in [3.63, 3.8) is 0 Å². The lowest BCUT2D eigenvalue weighted by Gasteiger charge is -2.17. The van der Waals surface area contributed by atoms with Crippen LogP contribution in [0.15, 0.2) is 90.0 Å². The third-order valence-corrected chi connectivity index (χ3v) is 9.19. The average Bonchev–Trinajstić information content (AvgIpc) is 3.08. The fourth-order valence-electron chi connectivity index (χ4n) is 5.27. The first-order chi connectivity index (χ1) is 23.3. The van der Waals surface area contributed by atoms with Gasteiger partial charge in [-0.3, -0.25) is 4.98 Å². The van der Waals surface area contributed by atoms with Crippen LogP contribution in [0.5, 0.6) is 0 Å². The third-order valence-electron chi connectivity index (χ3n) is 7.67. The van der Waals surface area contributed by atoms with Gasteiger partial charge in [-0.2, -0.15) is 15.0 Å². The van der Waals surface area contributed by atoms with E-state index in [0.29, 0.717) is 60.7 Å². The largest absolute Gasteiger partial charge is 0.377 e. The van der Waals surface area contributed by atoms with Crippen molar-refractivity contribution in [2.24, 2.45) is 0 Å². The zero-order valence-corrected chi connectivity index (χ0v) is 28.1. The maximum atomic E-state index is 13.7. The number of benzene rings is 3. The summed E-state index contributed by atoms with van der Waals surface area (Å²) in [4.78, 5) is 20.2. The van der Waals surface area contributed by atoms with E-state index >= 15 is 0 Å². The number of fused-ring (bicyclic) bond motifs is 1.